The molecule has 2 aromatic heterocycles. The van der Waals surface area contributed by atoms with E-state index >= 15 is 0 Å². The van der Waals surface area contributed by atoms with Gasteiger partial charge >= 0.3 is 0 Å². The second-order valence-corrected chi connectivity index (χ2v) is 9.75. The number of carbonyl (C=O) groups is 1. The van der Waals surface area contributed by atoms with Crippen molar-refractivity contribution in [3.05, 3.63) is 82.2 Å². The van der Waals surface area contributed by atoms with Crippen LogP contribution in [0.15, 0.2) is 60.2 Å². The molecule has 1 atom stereocenters. The molecule has 8 nitrogen and oxygen atoms in total. The largest absolute Gasteiger partial charge is 0.502 e. The van der Waals surface area contributed by atoms with E-state index in [1.54, 1.807) is 30.6 Å². The summed E-state index contributed by atoms with van der Waals surface area (Å²) in [6, 6.07) is 12.5. The van der Waals surface area contributed by atoms with E-state index < -0.39 is 6.10 Å². The van der Waals surface area contributed by atoms with Crippen LogP contribution in [0, 0.1) is 6.57 Å². The summed E-state index contributed by atoms with van der Waals surface area (Å²) in [5.74, 6) is 1.65. The van der Waals surface area contributed by atoms with Crippen LogP contribution in [-0.4, -0.2) is 58.1 Å². The Kier molecular flexibility index (Phi) is 9.38. The number of aliphatic hydroxyl groups excluding tert-OH is 1. The van der Waals surface area contributed by atoms with Gasteiger partial charge in [0.05, 0.1) is 23.5 Å². The molecule has 0 aliphatic heterocycles. The summed E-state index contributed by atoms with van der Waals surface area (Å²) in [5.41, 5.74) is 1.84. The van der Waals surface area contributed by atoms with Crippen LogP contribution >= 0.6 is 11.3 Å². The number of Topliss-reactive ketones (excluding diaryl/α,β-unsaturated/α-hetero) is 1. The maximum Gasteiger partial charge on any atom is 0.229 e. The quantitative estimate of drug-likeness (QED) is 0.229. The Hall–Kier alpha value is -3.84. The molecule has 38 heavy (non-hydrogen) atoms. The van der Waals surface area contributed by atoms with Gasteiger partial charge in [0, 0.05) is 36.1 Å². The Labute approximate surface area is 226 Å². The molecule has 0 aliphatic rings. The average Bonchev–Trinajstić information content (AvgIpc) is 3.44. The first-order chi connectivity index (χ1) is 18.5. The minimum absolute atomic E-state index is 0.0827. The molecule has 4 aromatic rings. The lowest BCUT2D eigenvalue weighted by Gasteiger charge is -2.22. The van der Waals surface area contributed by atoms with E-state index in [4.69, 9.17) is 16.0 Å². The standard InChI is InChI=1S/C29H30N4O4S/c1-4-33(5-2)18-22(35)19-36-28-17-25-24(16-26(28)30-3)27(10-11-31-25)37-23-8-6-20(7-9-23)14-21(34)15-29-32-12-13-38-29/h6-13,16-17,22,35H,4-5,14-15,18-19H2,1-2H3/t22-/m1/s1. The van der Waals surface area contributed by atoms with Crippen molar-refractivity contribution in [2.45, 2.75) is 32.8 Å². The number of pyridine rings is 1. The molecule has 1 N–H and O–H groups in total. The van der Waals surface area contributed by atoms with Crippen molar-refractivity contribution in [3.8, 4) is 17.2 Å². The number of likely N-dealkylation sites (N-methyl/N-ethyl adjacent to an activating group) is 1. The summed E-state index contributed by atoms with van der Waals surface area (Å²) in [5, 5.41) is 13.7. The molecular formula is C29H30N4O4S. The number of carbonyl (C=O) groups excluding carboxylic acids is 1. The number of nitrogens with zero attached hydrogens (tertiary/aromatic N) is 4. The molecule has 2 heterocycles. The van der Waals surface area contributed by atoms with Crippen LogP contribution < -0.4 is 9.47 Å². The van der Waals surface area contributed by atoms with E-state index in [1.165, 1.54) is 11.3 Å². The molecule has 0 saturated heterocycles. The number of aliphatic hydroxyl groups is 1. The average molecular weight is 531 g/mol. The van der Waals surface area contributed by atoms with Crippen LogP contribution in [0.5, 0.6) is 17.2 Å². The van der Waals surface area contributed by atoms with Crippen molar-refractivity contribution in [2.75, 3.05) is 26.2 Å². The maximum atomic E-state index is 12.3. The lowest BCUT2D eigenvalue weighted by atomic mass is 10.1. The number of thiazole rings is 1. The molecule has 4 rings (SSSR count). The molecule has 9 heteroatoms. The first kappa shape index (κ1) is 27.2. The minimum atomic E-state index is -0.669. The van der Waals surface area contributed by atoms with Gasteiger partial charge in [0.2, 0.25) is 5.69 Å². The van der Waals surface area contributed by atoms with Gasteiger partial charge < -0.3 is 19.5 Å². The summed E-state index contributed by atoms with van der Waals surface area (Å²) < 4.78 is 11.9. The summed E-state index contributed by atoms with van der Waals surface area (Å²) in [7, 11) is 0. The smallest absolute Gasteiger partial charge is 0.229 e. The third-order valence-corrected chi connectivity index (χ3v) is 6.86. The summed E-state index contributed by atoms with van der Waals surface area (Å²) >= 11 is 1.48. The zero-order valence-corrected chi connectivity index (χ0v) is 22.3. The molecule has 0 saturated carbocycles. The van der Waals surface area contributed by atoms with Gasteiger partial charge in [-0.25, -0.2) is 9.83 Å². The van der Waals surface area contributed by atoms with Gasteiger partial charge in [-0.15, -0.1) is 11.3 Å². The van der Waals surface area contributed by atoms with E-state index in [0.717, 1.165) is 23.7 Å². The van der Waals surface area contributed by atoms with E-state index in [2.05, 4.69) is 19.7 Å². The van der Waals surface area contributed by atoms with E-state index in [1.807, 2.05) is 43.5 Å². The number of rotatable bonds is 13. The predicted octanol–water partition coefficient (Wildman–Crippen LogP) is 5.47. The zero-order chi connectivity index (χ0) is 26.9. The lowest BCUT2D eigenvalue weighted by Crippen LogP contribution is -2.35. The first-order valence-corrected chi connectivity index (χ1v) is 13.4. The molecule has 0 amide bonds. The maximum absolute atomic E-state index is 12.3. The summed E-state index contributed by atoms with van der Waals surface area (Å²) in [6.07, 6.45) is 3.34. The van der Waals surface area contributed by atoms with Crippen LogP contribution in [0.25, 0.3) is 15.7 Å². The second kappa shape index (κ2) is 13.1. The SMILES string of the molecule is [C-]#[N+]c1cc2c(Oc3ccc(CC(=O)Cc4nccs4)cc3)ccnc2cc1OC[C@H](O)CN(CC)CC. The van der Waals surface area contributed by atoms with Crippen molar-refractivity contribution in [3.63, 3.8) is 0 Å². The van der Waals surface area contributed by atoms with Gasteiger partial charge in [-0.2, -0.15) is 0 Å². The van der Waals surface area contributed by atoms with E-state index in [-0.39, 0.29) is 12.4 Å². The van der Waals surface area contributed by atoms with Crippen LogP contribution in [-0.2, 0) is 17.6 Å². The molecule has 2 aromatic carbocycles. The highest BCUT2D eigenvalue weighted by molar-refractivity contribution is 7.09. The predicted molar refractivity (Wildman–Crippen MR) is 148 cm³/mol. The lowest BCUT2D eigenvalue weighted by molar-refractivity contribution is -0.117. The second-order valence-electron chi connectivity index (χ2n) is 8.77. The third kappa shape index (κ3) is 7.13. The van der Waals surface area contributed by atoms with Crippen LogP contribution in [0.4, 0.5) is 5.69 Å². The zero-order valence-electron chi connectivity index (χ0n) is 21.5. The van der Waals surface area contributed by atoms with Crippen molar-refractivity contribution < 1.29 is 19.4 Å². The van der Waals surface area contributed by atoms with Gasteiger partial charge in [0.15, 0.2) is 0 Å². The number of ketones is 1. The Bertz CT molecular complexity index is 1400. The van der Waals surface area contributed by atoms with Gasteiger partial charge in [0.25, 0.3) is 0 Å². The molecule has 0 spiro atoms. The van der Waals surface area contributed by atoms with Crippen LogP contribution in [0.1, 0.15) is 24.4 Å². The number of aromatic nitrogens is 2. The number of benzene rings is 2. The molecule has 196 valence electrons. The number of ether oxygens (including phenoxy) is 2. The Morgan fingerprint density at radius 1 is 1.08 bits per heavy atom. The summed E-state index contributed by atoms with van der Waals surface area (Å²) in [6.45, 7) is 14.0. The van der Waals surface area contributed by atoms with Gasteiger partial charge in [0.1, 0.15) is 35.7 Å². The molecular weight excluding hydrogens is 500 g/mol. The van der Waals surface area contributed by atoms with Gasteiger partial charge in [-0.1, -0.05) is 26.0 Å². The Morgan fingerprint density at radius 3 is 2.55 bits per heavy atom. The fraction of sp³-hybridized carbons (Fsp3) is 0.310. The highest BCUT2D eigenvalue weighted by atomic mass is 32.1. The minimum Gasteiger partial charge on any atom is -0.502 e. The Balaban J connectivity index is 1.44. The van der Waals surface area contributed by atoms with Crippen LogP contribution in [0.2, 0.25) is 0 Å². The van der Waals surface area contributed by atoms with E-state index in [0.29, 0.717) is 53.2 Å². The monoisotopic (exact) mass is 530 g/mol. The molecule has 0 fully saturated rings. The fourth-order valence-corrected chi connectivity index (χ4v) is 4.69. The van der Waals surface area contributed by atoms with Crippen molar-refractivity contribution in [1.29, 1.82) is 0 Å². The van der Waals surface area contributed by atoms with Crippen molar-refractivity contribution in [1.82, 2.24) is 14.9 Å². The summed E-state index contributed by atoms with van der Waals surface area (Å²) in [4.78, 5) is 26.7. The topological polar surface area (TPSA) is 89.1 Å². The van der Waals surface area contributed by atoms with Crippen molar-refractivity contribution in [2.24, 2.45) is 0 Å². The molecule has 0 aliphatic carbocycles. The first-order valence-electron chi connectivity index (χ1n) is 12.5. The van der Waals surface area contributed by atoms with Gasteiger partial charge in [-0.3, -0.25) is 9.78 Å². The highest BCUT2D eigenvalue weighted by Crippen LogP contribution is 2.37. The molecule has 0 radical (unpaired) electrons. The Morgan fingerprint density at radius 2 is 1.87 bits per heavy atom. The van der Waals surface area contributed by atoms with E-state index in [9.17, 15) is 9.90 Å². The fourth-order valence-electron chi connectivity index (χ4n) is 4.05. The number of hydrogen-bond donors (Lipinski definition) is 1. The van der Waals surface area contributed by atoms with Crippen molar-refractivity contribution >= 4 is 33.7 Å². The third-order valence-electron chi connectivity index (χ3n) is 6.08. The molecule has 0 unspecified atom stereocenters. The number of fused-ring (bicyclic) bond motifs is 1. The number of hydrogen-bond acceptors (Lipinski definition) is 8. The van der Waals surface area contributed by atoms with Gasteiger partial charge in [-0.05, 0) is 49.0 Å². The molecule has 0 bridgehead atoms. The normalized spacial score (nSPS) is 11.9. The highest BCUT2D eigenvalue weighted by Gasteiger charge is 2.15. The van der Waals surface area contributed by atoms with Crippen LogP contribution in [0.3, 0.4) is 0 Å².